The lowest BCUT2D eigenvalue weighted by atomic mass is 10.3. The van der Waals surface area contributed by atoms with Crippen molar-refractivity contribution in [1.29, 1.82) is 0 Å². The summed E-state index contributed by atoms with van der Waals surface area (Å²) >= 11 is 2.45. The summed E-state index contributed by atoms with van der Waals surface area (Å²) in [5.74, 6) is -0.144. The number of sulfone groups is 1. The van der Waals surface area contributed by atoms with Crippen LogP contribution >= 0.6 is 22.7 Å². The van der Waals surface area contributed by atoms with E-state index < -0.39 is 9.84 Å². The highest BCUT2D eigenvalue weighted by Crippen LogP contribution is 2.27. The van der Waals surface area contributed by atoms with Gasteiger partial charge in [0.2, 0.25) is 19.3 Å². The third-order valence-electron chi connectivity index (χ3n) is 2.85. The zero-order valence-corrected chi connectivity index (χ0v) is 14.3. The van der Waals surface area contributed by atoms with Crippen LogP contribution in [0.2, 0.25) is 0 Å². The molecule has 6 nitrogen and oxygen atoms in total. The zero-order valence-electron chi connectivity index (χ0n) is 11.8. The van der Waals surface area contributed by atoms with Crippen LogP contribution in [-0.2, 0) is 15.6 Å². The molecule has 0 bridgehead atoms. The van der Waals surface area contributed by atoms with Gasteiger partial charge >= 0.3 is 0 Å². The van der Waals surface area contributed by atoms with Gasteiger partial charge in [0.05, 0.1) is 10.2 Å². The number of hydrogen-bond acceptors (Lipinski definition) is 8. The van der Waals surface area contributed by atoms with Crippen molar-refractivity contribution in [2.24, 2.45) is 0 Å². The van der Waals surface area contributed by atoms with Crippen molar-refractivity contribution < 1.29 is 8.42 Å². The van der Waals surface area contributed by atoms with Gasteiger partial charge in [0.25, 0.3) is 0 Å². The fraction of sp³-hybridized carbons (Fsp3) is 0.308. The van der Waals surface area contributed by atoms with Gasteiger partial charge in [0.15, 0.2) is 0 Å². The molecule has 0 atom stereocenters. The van der Waals surface area contributed by atoms with Crippen molar-refractivity contribution in [3.63, 3.8) is 0 Å². The first kappa shape index (κ1) is 15.3. The van der Waals surface area contributed by atoms with Crippen molar-refractivity contribution in [3.05, 3.63) is 29.3 Å². The number of fused-ring (bicyclic) bond motifs is 1. The molecule has 0 radical (unpaired) electrons. The molecule has 0 unspecified atom stereocenters. The second-order valence-corrected chi connectivity index (χ2v) is 8.89. The summed E-state index contributed by atoms with van der Waals surface area (Å²) in [6.45, 7) is 2.77. The van der Waals surface area contributed by atoms with E-state index in [4.69, 9.17) is 0 Å². The van der Waals surface area contributed by atoms with Gasteiger partial charge in [-0.2, -0.15) is 0 Å². The molecule has 0 amide bonds. The molecule has 3 aromatic rings. The minimum Gasteiger partial charge on any atom is -0.360 e. The average molecular weight is 354 g/mol. The first-order valence-electron chi connectivity index (χ1n) is 6.73. The van der Waals surface area contributed by atoms with Crippen LogP contribution in [-0.4, -0.2) is 30.1 Å². The smallest absolute Gasteiger partial charge is 0.234 e. The average Bonchev–Trinajstić information content (AvgIpc) is 3.10. The van der Waals surface area contributed by atoms with Crippen molar-refractivity contribution in [2.45, 2.75) is 23.4 Å². The largest absolute Gasteiger partial charge is 0.360 e. The Morgan fingerprint density at radius 1 is 1.18 bits per heavy atom. The standard InChI is InChI=1S/C13H14N4O2S3/c1-2-7-14-12-16-17-13(21-12)22(18,19)8-11-15-9-5-3-4-6-10(9)20-11/h3-6H,2,7-8H2,1H3,(H,14,16). The Hall–Kier alpha value is -1.58. The topological polar surface area (TPSA) is 84.8 Å². The lowest BCUT2D eigenvalue weighted by Crippen LogP contribution is -2.04. The highest BCUT2D eigenvalue weighted by atomic mass is 32.2. The maximum absolute atomic E-state index is 12.4. The molecule has 3 rings (SSSR count). The maximum atomic E-state index is 12.4. The Morgan fingerprint density at radius 3 is 2.77 bits per heavy atom. The van der Waals surface area contributed by atoms with Crippen molar-refractivity contribution >= 4 is 47.9 Å². The number of aromatic nitrogens is 3. The van der Waals surface area contributed by atoms with Gasteiger partial charge in [-0.25, -0.2) is 13.4 Å². The molecule has 9 heteroatoms. The Morgan fingerprint density at radius 2 is 2.00 bits per heavy atom. The summed E-state index contributed by atoms with van der Waals surface area (Å²) < 4.78 is 25.8. The van der Waals surface area contributed by atoms with Crippen LogP contribution in [0.3, 0.4) is 0 Å². The predicted octanol–water partition coefficient (Wildman–Crippen LogP) is 2.94. The summed E-state index contributed by atoms with van der Waals surface area (Å²) in [7, 11) is -3.51. The third-order valence-corrected chi connectivity index (χ3v) is 7.02. The Bertz CT molecular complexity index is 852. The van der Waals surface area contributed by atoms with Gasteiger partial charge < -0.3 is 5.32 Å². The van der Waals surface area contributed by atoms with Crippen molar-refractivity contribution in [2.75, 3.05) is 11.9 Å². The van der Waals surface area contributed by atoms with E-state index in [1.165, 1.54) is 11.3 Å². The SMILES string of the molecule is CCCNc1nnc(S(=O)(=O)Cc2nc3ccccc3s2)s1. The molecule has 116 valence electrons. The highest BCUT2D eigenvalue weighted by molar-refractivity contribution is 7.92. The molecule has 0 saturated carbocycles. The van der Waals surface area contributed by atoms with Crippen LogP contribution in [0, 0.1) is 0 Å². The molecule has 0 aliphatic heterocycles. The van der Waals surface area contributed by atoms with Gasteiger partial charge in [-0.15, -0.1) is 21.5 Å². The van der Waals surface area contributed by atoms with E-state index in [2.05, 4.69) is 20.5 Å². The van der Waals surface area contributed by atoms with E-state index in [9.17, 15) is 8.42 Å². The van der Waals surface area contributed by atoms with Gasteiger partial charge in [0.1, 0.15) is 10.8 Å². The number of anilines is 1. The van der Waals surface area contributed by atoms with Crippen molar-refractivity contribution in [3.8, 4) is 0 Å². The summed E-state index contributed by atoms with van der Waals surface area (Å²) in [5.41, 5.74) is 0.820. The Balaban J connectivity index is 1.82. The van der Waals surface area contributed by atoms with Crippen LogP contribution in [0.5, 0.6) is 0 Å². The van der Waals surface area contributed by atoms with Crippen LogP contribution in [0.1, 0.15) is 18.4 Å². The highest BCUT2D eigenvalue weighted by Gasteiger charge is 2.23. The minimum absolute atomic E-state index is 0.0327. The summed E-state index contributed by atoms with van der Waals surface area (Å²) in [6.07, 6.45) is 0.938. The van der Waals surface area contributed by atoms with Gasteiger partial charge in [-0.1, -0.05) is 30.4 Å². The van der Waals surface area contributed by atoms with E-state index in [1.807, 2.05) is 31.2 Å². The van der Waals surface area contributed by atoms with E-state index in [0.717, 1.165) is 34.5 Å². The van der Waals surface area contributed by atoms with Crippen LogP contribution < -0.4 is 5.32 Å². The molecule has 0 aliphatic rings. The van der Waals surface area contributed by atoms with Gasteiger partial charge in [-0.3, -0.25) is 0 Å². The van der Waals surface area contributed by atoms with E-state index in [-0.39, 0.29) is 10.1 Å². The number of hydrogen-bond donors (Lipinski definition) is 1. The molecule has 1 aromatic carbocycles. The monoisotopic (exact) mass is 354 g/mol. The summed E-state index contributed by atoms with van der Waals surface area (Å²) in [4.78, 5) is 4.36. The van der Waals surface area contributed by atoms with Crippen LogP contribution in [0.25, 0.3) is 10.2 Å². The molecule has 0 spiro atoms. The quantitative estimate of drug-likeness (QED) is 0.732. The molecular weight excluding hydrogens is 340 g/mol. The number of nitrogens with one attached hydrogen (secondary N) is 1. The Kier molecular flexibility index (Phi) is 4.37. The molecule has 2 heterocycles. The summed E-state index contributed by atoms with van der Waals surface area (Å²) in [5, 5.41) is 11.8. The van der Waals surface area contributed by atoms with E-state index in [1.54, 1.807) is 0 Å². The third kappa shape index (κ3) is 3.26. The van der Waals surface area contributed by atoms with E-state index in [0.29, 0.717) is 10.1 Å². The molecular formula is C13H14N4O2S3. The molecule has 0 aliphatic carbocycles. The minimum atomic E-state index is -3.51. The molecule has 22 heavy (non-hydrogen) atoms. The molecule has 0 saturated heterocycles. The fourth-order valence-corrected chi connectivity index (χ4v) is 5.41. The fourth-order valence-electron chi connectivity index (χ4n) is 1.84. The van der Waals surface area contributed by atoms with Crippen LogP contribution in [0.4, 0.5) is 5.13 Å². The normalized spacial score (nSPS) is 11.9. The van der Waals surface area contributed by atoms with Gasteiger partial charge in [0, 0.05) is 6.54 Å². The number of para-hydroxylation sites is 1. The van der Waals surface area contributed by atoms with E-state index >= 15 is 0 Å². The molecule has 2 aromatic heterocycles. The first-order chi connectivity index (χ1) is 10.6. The zero-order chi connectivity index (χ0) is 15.6. The second-order valence-electron chi connectivity index (χ2n) is 4.63. The number of benzene rings is 1. The Labute approximate surface area is 136 Å². The summed E-state index contributed by atoms with van der Waals surface area (Å²) in [6, 6.07) is 7.60. The maximum Gasteiger partial charge on any atom is 0.234 e. The molecule has 0 fully saturated rings. The first-order valence-corrected chi connectivity index (χ1v) is 10.0. The van der Waals surface area contributed by atoms with Crippen LogP contribution in [0.15, 0.2) is 28.6 Å². The van der Waals surface area contributed by atoms with Crippen molar-refractivity contribution in [1.82, 2.24) is 15.2 Å². The second kappa shape index (κ2) is 6.27. The molecule has 1 N–H and O–H groups in total. The number of thiazole rings is 1. The predicted molar refractivity (Wildman–Crippen MR) is 89.2 cm³/mol. The lowest BCUT2D eigenvalue weighted by molar-refractivity contribution is 0.593. The number of rotatable bonds is 6. The van der Waals surface area contributed by atoms with Gasteiger partial charge in [-0.05, 0) is 18.6 Å². The number of nitrogens with zero attached hydrogens (tertiary/aromatic N) is 3. The lowest BCUT2D eigenvalue weighted by Gasteiger charge is -1.97.